The van der Waals surface area contributed by atoms with E-state index in [2.05, 4.69) is 16.7 Å². The van der Waals surface area contributed by atoms with Gasteiger partial charge in [-0.1, -0.05) is 43.3 Å². The summed E-state index contributed by atoms with van der Waals surface area (Å²) in [6, 6.07) is 15.0. The van der Waals surface area contributed by atoms with E-state index in [1.54, 1.807) is 12.1 Å². The molecule has 3 rings (SSSR count). The van der Waals surface area contributed by atoms with E-state index in [1.165, 1.54) is 6.07 Å². The van der Waals surface area contributed by atoms with Crippen molar-refractivity contribution in [2.75, 3.05) is 13.1 Å². The summed E-state index contributed by atoms with van der Waals surface area (Å²) in [5.41, 5.74) is 3.06. The van der Waals surface area contributed by atoms with Crippen LogP contribution in [0.2, 0.25) is 0 Å². The van der Waals surface area contributed by atoms with Crippen molar-refractivity contribution in [2.24, 2.45) is 5.92 Å². The van der Waals surface area contributed by atoms with E-state index in [1.807, 2.05) is 31.2 Å². The zero-order valence-corrected chi connectivity index (χ0v) is 14.6. The fourth-order valence-electron chi connectivity index (χ4n) is 3.30. The molecule has 2 aromatic rings. The molecule has 25 heavy (non-hydrogen) atoms. The van der Waals surface area contributed by atoms with Gasteiger partial charge in [-0.05, 0) is 54.6 Å². The predicted octanol–water partition coefficient (Wildman–Crippen LogP) is 3.54. The molecule has 1 heterocycles. The summed E-state index contributed by atoms with van der Waals surface area (Å²) in [6.07, 6.45) is 2.57. The second-order valence-electron chi connectivity index (χ2n) is 6.81. The van der Waals surface area contributed by atoms with Crippen LogP contribution in [0.5, 0.6) is 0 Å². The summed E-state index contributed by atoms with van der Waals surface area (Å²) in [5.74, 6) is -0.150. The first kappa shape index (κ1) is 17.6. The second-order valence-corrected chi connectivity index (χ2v) is 6.81. The van der Waals surface area contributed by atoms with E-state index >= 15 is 0 Å². The Balaban J connectivity index is 1.64. The van der Waals surface area contributed by atoms with Crippen LogP contribution in [-0.2, 0) is 11.2 Å². The molecule has 0 aliphatic carbocycles. The standard InChI is InChI=1S/C21H25FN2O/c1-15(21(25)24-19-11-12-23-14-19)9-10-16-5-2-3-8-20(16)17-6-4-7-18(22)13-17/h2-8,13,15,19,23H,9-12,14H2,1H3,(H,24,25). The SMILES string of the molecule is CC(CCc1ccccc1-c1cccc(F)c1)C(=O)NC1CCNC1. The van der Waals surface area contributed by atoms with E-state index in [0.717, 1.165) is 49.0 Å². The molecule has 1 fully saturated rings. The number of hydrogen-bond donors (Lipinski definition) is 2. The Bertz CT molecular complexity index is 725. The Hall–Kier alpha value is -2.20. The van der Waals surface area contributed by atoms with Gasteiger partial charge >= 0.3 is 0 Å². The fourth-order valence-corrected chi connectivity index (χ4v) is 3.30. The van der Waals surface area contributed by atoms with Crippen molar-refractivity contribution in [3.8, 4) is 11.1 Å². The summed E-state index contributed by atoms with van der Waals surface area (Å²) in [7, 11) is 0. The molecule has 2 atom stereocenters. The highest BCUT2D eigenvalue weighted by Gasteiger charge is 2.20. The lowest BCUT2D eigenvalue weighted by Gasteiger charge is -2.17. The van der Waals surface area contributed by atoms with Gasteiger partial charge in [-0.15, -0.1) is 0 Å². The van der Waals surface area contributed by atoms with Crippen LogP contribution in [0.3, 0.4) is 0 Å². The first-order chi connectivity index (χ1) is 12.1. The molecule has 1 aliphatic heterocycles. The number of carbonyl (C=O) groups excluding carboxylic acids is 1. The second kappa shape index (κ2) is 8.26. The molecule has 0 aromatic heterocycles. The predicted molar refractivity (Wildman–Crippen MR) is 98.7 cm³/mol. The molecular weight excluding hydrogens is 315 g/mol. The van der Waals surface area contributed by atoms with Gasteiger partial charge in [0.25, 0.3) is 0 Å². The molecule has 4 heteroatoms. The van der Waals surface area contributed by atoms with Crippen LogP contribution in [-0.4, -0.2) is 25.0 Å². The summed E-state index contributed by atoms with van der Waals surface area (Å²) < 4.78 is 13.5. The Labute approximate surface area is 148 Å². The molecule has 0 bridgehead atoms. The zero-order chi connectivity index (χ0) is 17.6. The Morgan fingerprint density at radius 3 is 2.88 bits per heavy atom. The van der Waals surface area contributed by atoms with Crippen LogP contribution in [0.4, 0.5) is 4.39 Å². The lowest BCUT2D eigenvalue weighted by atomic mass is 9.93. The van der Waals surface area contributed by atoms with Crippen molar-refractivity contribution >= 4 is 5.91 Å². The maximum atomic E-state index is 13.5. The maximum Gasteiger partial charge on any atom is 0.223 e. The minimum Gasteiger partial charge on any atom is -0.352 e. The highest BCUT2D eigenvalue weighted by atomic mass is 19.1. The normalized spacial score (nSPS) is 18.1. The van der Waals surface area contributed by atoms with Gasteiger partial charge < -0.3 is 10.6 Å². The number of halogens is 1. The summed E-state index contributed by atoms with van der Waals surface area (Å²) in [4.78, 5) is 12.3. The van der Waals surface area contributed by atoms with Crippen LogP contribution >= 0.6 is 0 Å². The molecule has 1 saturated heterocycles. The van der Waals surface area contributed by atoms with Crippen molar-refractivity contribution in [2.45, 2.75) is 32.2 Å². The summed E-state index contributed by atoms with van der Waals surface area (Å²) in [6.45, 7) is 3.81. The molecule has 3 nitrogen and oxygen atoms in total. The van der Waals surface area contributed by atoms with Crippen molar-refractivity contribution < 1.29 is 9.18 Å². The van der Waals surface area contributed by atoms with Crippen LogP contribution in [0.25, 0.3) is 11.1 Å². The van der Waals surface area contributed by atoms with Crippen LogP contribution in [0.15, 0.2) is 48.5 Å². The van der Waals surface area contributed by atoms with Crippen LogP contribution < -0.4 is 10.6 Å². The van der Waals surface area contributed by atoms with E-state index in [0.29, 0.717) is 0 Å². The molecular formula is C21H25FN2O. The number of benzene rings is 2. The average Bonchev–Trinajstić information content (AvgIpc) is 3.13. The summed E-state index contributed by atoms with van der Waals surface area (Å²) >= 11 is 0. The third kappa shape index (κ3) is 4.67. The number of hydrogen-bond acceptors (Lipinski definition) is 2. The van der Waals surface area contributed by atoms with Gasteiger partial charge in [0.1, 0.15) is 5.82 Å². The van der Waals surface area contributed by atoms with Crippen LogP contribution in [0, 0.1) is 11.7 Å². The first-order valence-corrected chi connectivity index (χ1v) is 8.98. The van der Waals surface area contributed by atoms with Crippen molar-refractivity contribution in [3.05, 3.63) is 59.9 Å². The Morgan fingerprint density at radius 2 is 2.12 bits per heavy atom. The third-order valence-electron chi connectivity index (χ3n) is 4.85. The number of aryl methyl sites for hydroxylation is 1. The molecule has 2 unspecified atom stereocenters. The zero-order valence-electron chi connectivity index (χ0n) is 14.6. The van der Waals surface area contributed by atoms with E-state index in [9.17, 15) is 9.18 Å². The van der Waals surface area contributed by atoms with E-state index in [4.69, 9.17) is 0 Å². The molecule has 132 valence electrons. The van der Waals surface area contributed by atoms with Gasteiger partial charge in [0.05, 0.1) is 0 Å². The van der Waals surface area contributed by atoms with Crippen molar-refractivity contribution in [1.29, 1.82) is 0 Å². The molecule has 0 saturated carbocycles. The number of rotatable bonds is 6. The smallest absolute Gasteiger partial charge is 0.223 e. The van der Waals surface area contributed by atoms with Gasteiger partial charge in [0, 0.05) is 18.5 Å². The first-order valence-electron chi connectivity index (χ1n) is 8.98. The minimum atomic E-state index is -0.231. The van der Waals surface area contributed by atoms with Gasteiger partial charge in [0.15, 0.2) is 0 Å². The highest BCUT2D eigenvalue weighted by molar-refractivity contribution is 5.78. The molecule has 0 radical (unpaired) electrons. The number of carbonyl (C=O) groups is 1. The Morgan fingerprint density at radius 1 is 1.28 bits per heavy atom. The van der Waals surface area contributed by atoms with Gasteiger partial charge in [-0.3, -0.25) is 4.79 Å². The number of nitrogens with one attached hydrogen (secondary N) is 2. The van der Waals surface area contributed by atoms with E-state index in [-0.39, 0.29) is 23.7 Å². The van der Waals surface area contributed by atoms with Gasteiger partial charge in [-0.2, -0.15) is 0 Å². The molecule has 2 aromatic carbocycles. The number of amides is 1. The minimum absolute atomic E-state index is 0.0406. The monoisotopic (exact) mass is 340 g/mol. The average molecular weight is 340 g/mol. The lowest BCUT2D eigenvalue weighted by Crippen LogP contribution is -2.39. The lowest BCUT2D eigenvalue weighted by molar-refractivity contribution is -0.125. The topological polar surface area (TPSA) is 41.1 Å². The molecule has 2 N–H and O–H groups in total. The quantitative estimate of drug-likeness (QED) is 0.844. The maximum absolute atomic E-state index is 13.5. The van der Waals surface area contributed by atoms with Gasteiger partial charge in [-0.25, -0.2) is 4.39 Å². The van der Waals surface area contributed by atoms with Crippen molar-refractivity contribution in [3.63, 3.8) is 0 Å². The largest absolute Gasteiger partial charge is 0.352 e. The van der Waals surface area contributed by atoms with Crippen LogP contribution in [0.1, 0.15) is 25.3 Å². The Kier molecular flexibility index (Phi) is 5.82. The van der Waals surface area contributed by atoms with Gasteiger partial charge in [0.2, 0.25) is 5.91 Å². The molecule has 1 aliphatic rings. The van der Waals surface area contributed by atoms with E-state index < -0.39 is 0 Å². The molecule has 0 spiro atoms. The third-order valence-corrected chi connectivity index (χ3v) is 4.85. The molecule has 1 amide bonds. The fraction of sp³-hybridized carbons (Fsp3) is 0.381. The van der Waals surface area contributed by atoms with Crippen molar-refractivity contribution in [1.82, 2.24) is 10.6 Å². The highest BCUT2D eigenvalue weighted by Crippen LogP contribution is 2.26. The summed E-state index contributed by atoms with van der Waals surface area (Å²) in [5, 5.41) is 6.38.